The van der Waals surface area contributed by atoms with Crippen molar-refractivity contribution in [3.63, 3.8) is 0 Å². The van der Waals surface area contributed by atoms with E-state index in [-0.39, 0.29) is 30.5 Å². The molecular formula is C27H30ClN3O6. The number of amides is 2. The lowest BCUT2D eigenvalue weighted by molar-refractivity contribution is -0.137. The number of rotatable bonds is 9. The van der Waals surface area contributed by atoms with Crippen molar-refractivity contribution < 1.29 is 24.5 Å². The summed E-state index contributed by atoms with van der Waals surface area (Å²) in [7, 11) is 0. The number of halogens is 1. The number of hydrogen-bond acceptors (Lipinski definition) is 5. The van der Waals surface area contributed by atoms with Crippen molar-refractivity contribution >= 4 is 29.3 Å². The monoisotopic (exact) mass is 527 g/mol. The summed E-state index contributed by atoms with van der Waals surface area (Å²) in [5.74, 6) is -0.895. The predicted molar refractivity (Wildman–Crippen MR) is 142 cm³/mol. The number of nitrogens with one attached hydrogen (secondary N) is 2. The number of aromatic hydroxyl groups is 1. The highest BCUT2D eigenvalue weighted by atomic mass is 35.5. The number of aryl methyl sites for hydroxylation is 2. The van der Waals surface area contributed by atoms with Crippen LogP contribution in [0.1, 0.15) is 48.6 Å². The molecule has 1 aromatic heterocycles. The van der Waals surface area contributed by atoms with Gasteiger partial charge in [-0.1, -0.05) is 41.4 Å². The van der Waals surface area contributed by atoms with Crippen molar-refractivity contribution in [2.75, 3.05) is 5.32 Å². The summed E-state index contributed by atoms with van der Waals surface area (Å²) in [5.41, 5.74) is 1.54. The summed E-state index contributed by atoms with van der Waals surface area (Å²) >= 11 is 6.35. The van der Waals surface area contributed by atoms with Gasteiger partial charge in [0.05, 0.1) is 25.1 Å². The van der Waals surface area contributed by atoms with Crippen molar-refractivity contribution in [3.8, 4) is 11.5 Å². The first-order valence-electron chi connectivity index (χ1n) is 11.7. The van der Waals surface area contributed by atoms with Crippen LogP contribution in [-0.2, 0) is 11.3 Å². The van der Waals surface area contributed by atoms with Crippen LogP contribution in [0.3, 0.4) is 0 Å². The fourth-order valence-corrected chi connectivity index (χ4v) is 3.94. The van der Waals surface area contributed by atoms with Crippen molar-refractivity contribution in [1.29, 1.82) is 0 Å². The van der Waals surface area contributed by atoms with Crippen LogP contribution in [-0.4, -0.2) is 32.9 Å². The number of carbonyl (C=O) groups excluding carboxylic acids is 1. The number of nitrogens with zero attached hydrogens (tertiary/aromatic N) is 1. The number of urea groups is 1. The van der Waals surface area contributed by atoms with Crippen LogP contribution in [0.4, 0.5) is 10.5 Å². The van der Waals surface area contributed by atoms with E-state index < -0.39 is 23.6 Å². The van der Waals surface area contributed by atoms with Crippen molar-refractivity contribution in [2.45, 2.75) is 52.8 Å². The van der Waals surface area contributed by atoms with E-state index >= 15 is 0 Å². The summed E-state index contributed by atoms with van der Waals surface area (Å²) < 4.78 is 7.03. The minimum absolute atomic E-state index is 0.0492. The highest BCUT2D eigenvalue weighted by Crippen LogP contribution is 2.27. The average Bonchev–Trinajstić information content (AvgIpc) is 2.81. The van der Waals surface area contributed by atoms with Gasteiger partial charge in [0.15, 0.2) is 5.69 Å². The number of carboxylic acid groups (broad SMARTS) is 1. The minimum atomic E-state index is -1.10. The van der Waals surface area contributed by atoms with E-state index in [0.29, 0.717) is 27.5 Å². The Morgan fingerprint density at radius 3 is 2.41 bits per heavy atom. The molecule has 10 heteroatoms. The Labute approximate surface area is 219 Å². The molecule has 0 aliphatic heterocycles. The fraction of sp³-hybridized carbons (Fsp3) is 0.296. The molecule has 0 bridgehead atoms. The van der Waals surface area contributed by atoms with Gasteiger partial charge in [-0.25, -0.2) is 4.79 Å². The second kappa shape index (κ2) is 11.8. The van der Waals surface area contributed by atoms with Gasteiger partial charge in [-0.05, 0) is 57.0 Å². The van der Waals surface area contributed by atoms with E-state index in [1.54, 1.807) is 49.4 Å². The number of aromatic nitrogens is 1. The van der Waals surface area contributed by atoms with Crippen molar-refractivity contribution in [3.05, 3.63) is 86.3 Å². The minimum Gasteiger partial charge on any atom is -0.505 e. The molecule has 0 spiro atoms. The maximum absolute atomic E-state index is 13.2. The first-order valence-corrected chi connectivity index (χ1v) is 12.1. The summed E-state index contributed by atoms with van der Waals surface area (Å²) in [6.45, 7) is 7.33. The molecule has 3 aromatic rings. The number of anilines is 1. The second-order valence-corrected chi connectivity index (χ2v) is 9.46. The van der Waals surface area contributed by atoms with Crippen LogP contribution in [0.5, 0.6) is 11.5 Å². The lowest BCUT2D eigenvalue weighted by Crippen LogP contribution is -2.36. The SMILES string of the molecule is Cc1ccc([C@H](CC(=O)O)NC(=O)Nc2c(O)c(C)cn(Cc3cc(OC(C)C)ccc3Cl)c2=O)cc1. The van der Waals surface area contributed by atoms with Crippen LogP contribution in [0, 0.1) is 13.8 Å². The van der Waals surface area contributed by atoms with Gasteiger partial charge in [-0.3, -0.25) is 9.59 Å². The molecule has 1 heterocycles. The standard InChI is InChI=1S/C27H30ClN3O6/c1-15(2)37-20-9-10-21(28)19(11-20)14-31-13-17(4)25(34)24(26(31)35)30-27(36)29-22(12-23(32)33)18-7-5-16(3)6-8-18/h5-11,13,15,22,34H,12,14H2,1-4H3,(H,32,33)(H2,29,30,36)/t22-/m0/s1. The highest BCUT2D eigenvalue weighted by molar-refractivity contribution is 6.31. The molecule has 0 radical (unpaired) electrons. The molecule has 9 nitrogen and oxygen atoms in total. The topological polar surface area (TPSA) is 130 Å². The van der Waals surface area contributed by atoms with E-state index in [2.05, 4.69) is 10.6 Å². The Balaban J connectivity index is 1.87. The van der Waals surface area contributed by atoms with Gasteiger partial charge in [0, 0.05) is 16.8 Å². The Bertz CT molecular complexity index is 1350. The number of benzene rings is 2. The van der Waals surface area contributed by atoms with Gasteiger partial charge in [-0.15, -0.1) is 0 Å². The van der Waals surface area contributed by atoms with E-state index in [1.807, 2.05) is 20.8 Å². The number of carbonyl (C=O) groups is 2. The lowest BCUT2D eigenvalue weighted by Gasteiger charge is -2.19. The zero-order valence-corrected chi connectivity index (χ0v) is 21.8. The third kappa shape index (κ3) is 7.27. The molecule has 1 atom stereocenters. The van der Waals surface area contributed by atoms with E-state index in [4.69, 9.17) is 16.3 Å². The van der Waals surface area contributed by atoms with Crippen molar-refractivity contribution in [1.82, 2.24) is 9.88 Å². The van der Waals surface area contributed by atoms with Gasteiger partial charge in [0.1, 0.15) is 11.5 Å². The lowest BCUT2D eigenvalue weighted by atomic mass is 10.0. The third-order valence-corrected chi connectivity index (χ3v) is 5.94. The normalized spacial score (nSPS) is 11.7. The smallest absolute Gasteiger partial charge is 0.319 e. The number of ether oxygens (including phenoxy) is 1. The van der Waals surface area contributed by atoms with Crippen LogP contribution < -0.4 is 20.9 Å². The van der Waals surface area contributed by atoms with Crippen LogP contribution in [0.25, 0.3) is 0 Å². The number of hydrogen-bond donors (Lipinski definition) is 4. The number of carboxylic acids is 1. The number of aliphatic carboxylic acids is 1. The first-order chi connectivity index (χ1) is 17.4. The van der Waals surface area contributed by atoms with Gasteiger partial charge in [-0.2, -0.15) is 0 Å². The van der Waals surface area contributed by atoms with E-state index in [1.165, 1.54) is 10.8 Å². The molecule has 2 aromatic carbocycles. The first kappa shape index (κ1) is 27.6. The van der Waals surface area contributed by atoms with Gasteiger partial charge in [0.2, 0.25) is 0 Å². The Morgan fingerprint density at radius 2 is 1.78 bits per heavy atom. The molecule has 196 valence electrons. The molecule has 0 saturated carbocycles. The fourth-order valence-electron chi connectivity index (χ4n) is 3.76. The van der Waals surface area contributed by atoms with Crippen molar-refractivity contribution in [2.24, 2.45) is 0 Å². The zero-order chi connectivity index (χ0) is 27.3. The molecule has 0 saturated heterocycles. The molecule has 0 aliphatic carbocycles. The quantitative estimate of drug-likeness (QED) is 0.310. The summed E-state index contributed by atoms with van der Waals surface area (Å²) in [6.07, 6.45) is 1.05. The highest BCUT2D eigenvalue weighted by Gasteiger charge is 2.21. The molecular weight excluding hydrogens is 498 g/mol. The zero-order valence-electron chi connectivity index (χ0n) is 21.0. The third-order valence-electron chi connectivity index (χ3n) is 5.57. The molecule has 3 rings (SSSR count). The maximum atomic E-state index is 13.2. The van der Waals surface area contributed by atoms with Gasteiger partial charge >= 0.3 is 12.0 Å². The number of pyridine rings is 1. The molecule has 2 amide bonds. The van der Waals surface area contributed by atoms with E-state index in [0.717, 1.165) is 5.56 Å². The van der Waals surface area contributed by atoms with Crippen LogP contribution in [0.15, 0.2) is 53.5 Å². The molecule has 0 aliphatic rings. The maximum Gasteiger partial charge on any atom is 0.319 e. The summed E-state index contributed by atoms with van der Waals surface area (Å²) in [4.78, 5) is 37.4. The van der Waals surface area contributed by atoms with Gasteiger partial charge in [0.25, 0.3) is 5.56 Å². The Morgan fingerprint density at radius 1 is 1.11 bits per heavy atom. The molecule has 4 N–H and O–H groups in total. The average molecular weight is 528 g/mol. The van der Waals surface area contributed by atoms with E-state index in [9.17, 15) is 24.6 Å². The summed E-state index contributed by atoms with van der Waals surface area (Å²) in [6, 6.07) is 10.5. The summed E-state index contributed by atoms with van der Waals surface area (Å²) in [5, 5.41) is 25.3. The molecule has 0 fully saturated rings. The predicted octanol–water partition coefficient (Wildman–Crippen LogP) is 5.00. The Kier molecular flexibility index (Phi) is 8.83. The molecule has 37 heavy (non-hydrogen) atoms. The largest absolute Gasteiger partial charge is 0.505 e. The van der Waals surface area contributed by atoms with Crippen LogP contribution in [0.2, 0.25) is 5.02 Å². The van der Waals surface area contributed by atoms with Crippen LogP contribution >= 0.6 is 11.6 Å². The van der Waals surface area contributed by atoms with Gasteiger partial charge < -0.3 is 30.2 Å². The Hall–Kier alpha value is -3.98. The second-order valence-electron chi connectivity index (χ2n) is 9.05. The molecule has 0 unspecified atom stereocenters.